The molecule has 2 aromatic rings. The second-order valence-corrected chi connectivity index (χ2v) is 8.16. The lowest BCUT2D eigenvalue weighted by Gasteiger charge is -2.07. The van der Waals surface area contributed by atoms with E-state index in [9.17, 15) is 0 Å². The van der Waals surface area contributed by atoms with Gasteiger partial charge in [-0.3, -0.25) is 0 Å². The van der Waals surface area contributed by atoms with Gasteiger partial charge in [0, 0.05) is 8.45 Å². The first-order valence-electron chi connectivity index (χ1n) is 4.42. The van der Waals surface area contributed by atoms with E-state index in [1.54, 1.807) is 11.3 Å². The highest BCUT2D eigenvalue weighted by atomic mass is 127. The summed E-state index contributed by atoms with van der Waals surface area (Å²) >= 11 is 17.1. The molecule has 1 aromatic heterocycles. The third kappa shape index (κ3) is 3.02. The van der Waals surface area contributed by atoms with Crippen LogP contribution in [-0.2, 0) is 0 Å². The van der Waals surface area contributed by atoms with Crippen LogP contribution in [0, 0.1) is 3.57 Å². The highest BCUT2D eigenvalue weighted by molar-refractivity contribution is 14.1. The normalized spacial score (nSPS) is 12.8. The summed E-state index contributed by atoms with van der Waals surface area (Å²) in [4.78, 5) is 1.41. The lowest BCUT2D eigenvalue weighted by molar-refractivity contribution is 1.22. The highest BCUT2D eigenvalue weighted by Gasteiger charge is 2.15. The Labute approximate surface area is 134 Å². The van der Waals surface area contributed by atoms with Gasteiger partial charge in [-0.05, 0) is 62.3 Å². The third-order valence-electron chi connectivity index (χ3n) is 2.06. The van der Waals surface area contributed by atoms with Gasteiger partial charge in [0.1, 0.15) is 0 Å². The summed E-state index contributed by atoms with van der Waals surface area (Å²) in [5, 5.41) is 0.773. The summed E-state index contributed by atoms with van der Waals surface area (Å²) in [6, 6.07) is 10.4. The van der Waals surface area contributed by atoms with Gasteiger partial charge >= 0.3 is 0 Å². The van der Waals surface area contributed by atoms with Crippen LogP contribution in [0.1, 0.15) is 15.3 Å². The maximum absolute atomic E-state index is 6.03. The number of alkyl halides is 1. The van der Waals surface area contributed by atoms with Gasteiger partial charge in [-0.25, -0.2) is 0 Å². The van der Waals surface area contributed by atoms with Gasteiger partial charge in [0.15, 0.2) is 0 Å². The molecule has 1 heterocycles. The molecule has 0 spiro atoms. The maximum Gasteiger partial charge on any atom is 0.0887 e. The Morgan fingerprint density at radius 2 is 2.06 bits per heavy atom. The molecule has 0 aliphatic heterocycles. The molecule has 1 atom stereocenters. The minimum Gasteiger partial charge on any atom is -0.130 e. The SMILES string of the molecule is Clc1cc(C(Br)c2cccc(I)c2)sc1Br. The summed E-state index contributed by atoms with van der Waals surface area (Å²) in [5.74, 6) is 0. The van der Waals surface area contributed by atoms with Crippen LogP contribution in [0.5, 0.6) is 0 Å². The van der Waals surface area contributed by atoms with Gasteiger partial charge in [0.05, 0.1) is 13.6 Å². The molecule has 0 bridgehead atoms. The minimum atomic E-state index is 0.205. The van der Waals surface area contributed by atoms with Crippen LogP contribution in [0.3, 0.4) is 0 Å². The Morgan fingerprint density at radius 3 is 2.62 bits per heavy atom. The monoisotopic (exact) mass is 490 g/mol. The first-order chi connectivity index (χ1) is 7.58. The fraction of sp³-hybridized carbons (Fsp3) is 0.0909. The predicted octanol–water partition coefficient (Wildman–Crippen LogP) is 6.25. The van der Waals surface area contributed by atoms with E-state index in [0.29, 0.717) is 0 Å². The number of benzene rings is 1. The van der Waals surface area contributed by atoms with E-state index in [4.69, 9.17) is 11.6 Å². The summed E-state index contributed by atoms with van der Waals surface area (Å²) in [5.41, 5.74) is 1.25. The molecule has 0 nitrogen and oxygen atoms in total. The standard InChI is InChI=1S/C11H6Br2ClIS/c12-10(6-2-1-3-7(15)4-6)9-5-8(14)11(13)16-9/h1-5,10H. The van der Waals surface area contributed by atoms with E-state index in [0.717, 1.165) is 8.81 Å². The van der Waals surface area contributed by atoms with Crippen LogP contribution in [0.2, 0.25) is 5.02 Å². The van der Waals surface area contributed by atoms with Gasteiger partial charge in [-0.1, -0.05) is 39.7 Å². The van der Waals surface area contributed by atoms with E-state index < -0.39 is 0 Å². The Kier molecular flexibility index (Phi) is 4.74. The molecule has 0 saturated carbocycles. The number of hydrogen-bond donors (Lipinski definition) is 0. The largest absolute Gasteiger partial charge is 0.130 e. The Hall–Kier alpha value is 0.900. The van der Waals surface area contributed by atoms with Crippen molar-refractivity contribution in [2.75, 3.05) is 0 Å². The zero-order valence-corrected chi connectivity index (χ0v) is 14.8. The van der Waals surface area contributed by atoms with E-state index in [1.807, 2.05) is 6.07 Å². The van der Waals surface area contributed by atoms with Crippen molar-refractivity contribution >= 4 is 77.4 Å². The minimum absolute atomic E-state index is 0.205. The zero-order chi connectivity index (χ0) is 11.7. The Balaban J connectivity index is 2.35. The van der Waals surface area contributed by atoms with E-state index >= 15 is 0 Å². The van der Waals surface area contributed by atoms with Gasteiger partial charge in [0.2, 0.25) is 0 Å². The maximum atomic E-state index is 6.03. The molecule has 0 aliphatic carbocycles. The quantitative estimate of drug-likeness (QED) is 0.343. The Morgan fingerprint density at radius 1 is 1.31 bits per heavy atom. The van der Waals surface area contributed by atoms with Crippen LogP contribution in [0.4, 0.5) is 0 Å². The average molecular weight is 492 g/mol. The van der Waals surface area contributed by atoms with Crippen molar-refractivity contribution in [3.8, 4) is 0 Å². The second-order valence-electron chi connectivity index (χ2n) is 3.19. The smallest absolute Gasteiger partial charge is 0.0887 e. The first-order valence-corrected chi connectivity index (χ1v) is 8.40. The highest BCUT2D eigenvalue weighted by Crippen LogP contribution is 2.41. The molecule has 0 radical (unpaired) electrons. The van der Waals surface area contributed by atoms with Crippen LogP contribution >= 0.6 is 77.4 Å². The van der Waals surface area contributed by atoms with Crippen LogP contribution in [0.15, 0.2) is 34.1 Å². The average Bonchev–Trinajstić information content (AvgIpc) is 2.58. The molecule has 84 valence electrons. The van der Waals surface area contributed by atoms with Crippen molar-refractivity contribution in [2.45, 2.75) is 4.83 Å². The van der Waals surface area contributed by atoms with E-state index in [-0.39, 0.29) is 4.83 Å². The fourth-order valence-corrected chi connectivity index (χ4v) is 4.33. The van der Waals surface area contributed by atoms with Gasteiger partial charge in [0.25, 0.3) is 0 Å². The Bertz CT molecular complexity index is 493. The molecule has 16 heavy (non-hydrogen) atoms. The molecular formula is C11H6Br2ClIS. The molecule has 5 heteroatoms. The van der Waals surface area contributed by atoms with Crippen molar-refractivity contribution in [1.82, 2.24) is 0 Å². The molecule has 0 amide bonds. The van der Waals surface area contributed by atoms with Crippen LogP contribution in [0.25, 0.3) is 0 Å². The van der Waals surface area contributed by atoms with Crippen LogP contribution < -0.4 is 0 Å². The molecular weight excluding hydrogens is 486 g/mol. The molecule has 0 N–H and O–H groups in total. The topological polar surface area (TPSA) is 0 Å². The molecule has 0 fully saturated rings. The lowest BCUT2D eigenvalue weighted by Crippen LogP contribution is -1.89. The summed E-state index contributed by atoms with van der Waals surface area (Å²) < 4.78 is 2.22. The zero-order valence-electron chi connectivity index (χ0n) is 7.88. The third-order valence-corrected chi connectivity index (χ3v) is 6.59. The summed E-state index contributed by atoms with van der Waals surface area (Å²) in [6.45, 7) is 0. The number of hydrogen-bond acceptors (Lipinski definition) is 1. The van der Waals surface area contributed by atoms with Crippen molar-refractivity contribution in [2.24, 2.45) is 0 Å². The van der Waals surface area contributed by atoms with Gasteiger partial charge in [-0.15, -0.1) is 11.3 Å². The lowest BCUT2D eigenvalue weighted by atomic mass is 10.1. The predicted molar refractivity (Wildman–Crippen MR) is 87.0 cm³/mol. The molecule has 1 unspecified atom stereocenters. The number of rotatable bonds is 2. The fourth-order valence-electron chi connectivity index (χ4n) is 1.32. The first kappa shape index (κ1) is 13.3. The molecule has 1 aromatic carbocycles. The van der Waals surface area contributed by atoms with Crippen molar-refractivity contribution in [3.05, 3.63) is 53.2 Å². The molecule has 2 rings (SSSR count). The van der Waals surface area contributed by atoms with Crippen molar-refractivity contribution in [3.63, 3.8) is 0 Å². The van der Waals surface area contributed by atoms with Gasteiger partial charge in [-0.2, -0.15) is 0 Å². The summed E-state index contributed by atoms with van der Waals surface area (Å²) in [7, 11) is 0. The molecule has 0 aliphatic rings. The number of thiophene rings is 1. The van der Waals surface area contributed by atoms with Crippen molar-refractivity contribution in [1.29, 1.82) is 0 Å². The summed E-state index contributed by atoms with van der Waals surface area (Å²) in [6.07, 6.45) is 0. The number of halogens is 4. The van der Waals surface area contributed by atoms with Crippen molar-refractivity contribution < 1.29 is 0 Å². The molecule has 0 saturated heterocycles. The second kappa shape index (κ2) is 5.69. The van der Waals surface area contributed by atoms with E-state index in [1.165, 1.54) is 14.0 Å². The van der Waals surface area contributed by atoms with Gasteiger partial charge < -0.3 is 0 Å². The van der Waals surface area contributed by atoms with E-state index in [2.05, 4.69) is 78.7 Å². The van der Waals surface area contributed by atoms with Crippen LogP contribution in [-0.4, -0.2) is 0 Å².